The van der Waals surface area contributed by atoms with Gasteiger partial charge < -0.3 is 21.6 Å². The van der Waals surface area contributed by atoms with Crippen LogP contribution in [0.5, 0.6) is 0 Å². The Morgan fingerprint density at radius 3 is 2.00 bits per heavy atom. The molecule has 0 amide bonds. The molecule has 1 aromatic carbocycles. The molecule has 1 aromatic rings. The summed E-state index contributed by atoms with van der Waals surface area (Å²) in [5.74, 6) is 0. The molecule has 0 N–H and O–H groups in total. The van der Waals surface area contributed by atoms with Crippen LogP contribution in [0, 0.1) is 0 Å². The second kappa shape index (κ2) is 13.8. The van der Waals surface area contributed by atoms with Crippen LogP contribution in [-0.4, -0.2) is 31.9 Å². The second-order valence-corrected chi connectivity index (χ2v) is 7.09. The molecule has 0 bridgehead atoms. The van der Waals surface area contributed by atoms with E-state index in [1.807, 2.05) is 0 Å². The minimum absolute atomic E-state index is 0. The highest BCUT2D eigenvalue weighted by Gasteiger charge is 2.15. The summed E-state index contributed by atoms with van der Waals surface area (Å²) < 4.78 is 6.78. The first-order chi connectivity index (χ1) is 10.6. The Kier molecular flexibility index (Phi) is 13.5. The Hall–Kier alpha value is -0.570. The smallest absolute Gasteiger partial charge is 0.182 e. The van der Waals surface area contributed by atoms with Crippen LogP contribution in [0.25, 0.3) is 0 Å². The van der Waals surface area contributed by atoms with Crippen molar-refractivity contribution in [3.05, 3.63) is 35.9 Å². The molecule has 0 heterocycles. The van der Waals surface area contributed by atoms with Gasteiger partial charge >= 0.3 is 0 Å². The van der Waals surface area contributed by atoms with E-state index >= 15 is 0 Å². The molecular formula is C20H36ClNO. The monoisotopic (exact) mass is 341 g/mol. The third-order valence-corrected chi connectivity index (χ3v) is 4.04. The third-order valence-electron chi connectivity index (χ3n) is 4.04. The fraction of sp³-hybridized carbons (Fsp3) is 0.700. The van der Waals surface area contributed by atoms with Gasteiger partial charge in [-0.3, -0.25) is 0 Å². The van der Waals surface area contributed by atoms with Crippen molar-refractivity contribution < 1.29 is 21.6 Å². The van der Waals surface area contributed by atoms with Crippen molar-refractivity contribution in [1.82, 2.24) is 0 Å². The third kappa shape index (κ3) is 12.5. The van der Waals surface area contributed by atoms with Crippen LogP contribution in [0.3, 0.4) is 0 Å². The summed E-state index contributed by atoms with van der Waals surface area (Å²) in [5.41, 5.74) is 1.38. The van der Waals surface area contributed by atoms with Gasteiger partial charge in [-0.05, 0) is 6.42 Å². The van der Waals surface area contributed by atoms with Crippen molar-refractivity contribution >= 4 is 0 Å². The predicted octanol–water partition coefficient (Wildman–Crippen LogP) is 2.38. The van der Waals surface area contributed by atoms with Gasteiger partial charge in [-0.15, -0.1) is 0 Å². The van der Waals surface area contributed by atoms with E-state index < -0.39 is 0 Å². The molecule has 3 heteroatoms. The number of nitrogens with zero attached hydrogens (tertiary/aromatic N) is 1. The van der Waals surface area contributed by atoms with Crippen LogP contribution < -0.4 is 12.4 Å². The standard InChI is InChI=1S/C20H36NO.ClH/c1-4-5-6-7-8-9-10-14-17-22-19-21(2,3)18-20-15-12-11-13-16-20;/h11-13,15-16H,4-10,14,17-19H2,1-3H3;1H/q+1;/p-1. The lowest BCUT2D eigenvalue weighted by Gasteiger charge is -2.29. The molecule has 0 atom stereocenters. The first kappa shape index (κ1) is 22.4. The number of hydrogen-bond donors (Lipinski definition) is 0. The van der Waals surface area contributed by atoms with E-state index in [9.17, 15) is 0 Å². The maximum Gasteiger partial charge on any atom is 0.182 e. The minimum atomic E-state index is 0. The van der Waals surface area contributed by atoms with E-state index in [-0.39, 0.29) is 12.4 Å². The van der Waals surface area contributed by atoms with Gasteiger partial charge in [0.2, 0.25) is 0 Å². The molecule has 2 nitrogen and oxygen atoms in total. The molecule has 0 saturated carbocycles. The van der Waals surface area contributed by atoms with E-state index in [0.29, 0.717) is 0 Å². The maximum absolute atomic E-state index is 5.89. The number of quaternary nitrogens is 1. The molecule has 1 rings (SSSR count). The highest BCUT2D eigenvalue weighted by Crippen LogP contribution is 2.10. The SMILES string of the molecule is CCCCCCCCCCOC[N+](C)(C)Cc1ccccc1.[Cl-]. The van der Waals surface area contributed by atoms with Gasteiger partial charge in [-0.2, -0.15) is 0 Å². The normalized spacial score (nSPS) is 11.3. The summed E-state index contributed by atoms with van der Waals surface area (Å²) in [6, 6.07) is 10.7. The van der Waals surface area contributed by atoms with Crippen LogP contribution >= 0.6 is 0 Å². The van der Waals surface area contributed by atoms with E-state index in [1.54, 1.807) is 0 Å². The van der Waals surface area contributed by atoms with Gasteiger partial charge in [0, 0.05) is 5.56 Å². The molecule has 0 aliphatic carbocycles. The second-order valence-electron chi connectivity index (χ2n) is 7.09. The molecule has 0 fully saturated rings. The van der Waals surface area contributed by atoms with E-state index in [4.69, 9.17) is 4.74 Å². The molecule has 0 unspecified atom stereocenters. The van der Waals surface area contributed by atoms with Gasteiger partial charge in [0.15, 0.2) is 6.73 Å². The van der Waals surface area contributed by atoms with Crippen molar-refractivity contribution in [1.29, 1.82) is 0 Å². The van der Waals surface area contributed by atoms with E-state index in [0.717, 1.165) is 24.4 Å². The van der Waals surface area contributed by atoms with Crippen LogP contribution in [-0.2, 0) is 11.3 Å². The van der Waals surface area contributed by atoms with Crippen LogP contribution in [0.15, 0.2) is 30.3 Å². The van der Waals surface area contributed by atoms with Gasteiger partial charge in [0.25, 0.3) is 0 Å². The molecule has 0 radical (unpaired) electrons. The fourth-order valence-electron chi connectivity index (χ4n) is 2.77. The molecule has 0 saturated heterocycles. The Labute approximate surface area is 150 Å². The molecular weight excluding hydrogens is 306 g/mol. The number of rotatable bonds is 13. The zero-order valence-electron chi connectivity index (χ0n) is 15.4. The lowest BCUT2D eigenvalue weighted by atomic mass is 10.1. The summed E-state index contributed by atoms with van der Waals surface area (Å²) in [6.45, 7) is 5.00. The highest BCUT2D eigenvalue weighted by atomic mass is 35.5. The molecule has 23 heavy (non-hydrogen) atoms. The van der Waals surface area contributed by atoms with Crippen molar-refractivity contribution in [2.75, 3.05) is 27.4 Å². The number of unbranched alkanes of at least 4 members (excludes halogenated alkanes) is 7. The van der Waals surface area contributed by atoms with Gasteiger partial charge in [-0.25, -0.2) is 0 Å². The minimum Gasteiger partial charge on any atom is -1.00 e. The van der Waals surface area contributed by atoms with Gasteiger partial charge in [0.1, 0.15) is 6.54 Å². The first-order valence-electron chi connectivity index (χ1n) is 9.08. The Balaban J connectivity index is 0.00000484. The zero-order chi connectivity index (χ0) is 16.1. The summed E-state index contributed by atoms with van der Waals surface area (Å²) >= 11 is 0. The Bertz CT molecular complexity index is 367. The maximum atomic E-state index is 5.89. The Morgan fingerprint density at radius 1 is 0.826 bits per heavy atom. The molecule has 134 valence electrons. The summed E-state index contributed by atoms with van der Waals surface area (Å²) in [7, 11) is 4.47. The average Bonchev–Trinajstić information content (AvgIpc) is 2.49. The Morgan fingerprint density at radius 2 is 1.39 bits per heavy atom. The lowest BCUT2D eigenvalue weighted by Crippen LogP contribution is -3.00. The highest BCUT2D eigenvalue weighted by molar-refractivity contribution is 5.13. The number of ether oxygens (including phenoxy) is 1. The summed E-state index contributed by atoms with van der Waals surface area (Å²) in [5, 5.41) is 0. The summed E-state index contributed by atoms with van der Waals surface area (Å²) in [6.07, 6.45) is 10.9. The topological polar surface area (TPSA) is 9.23 Å². The van der Waals surface area contributed by atoms with Crippen molar-refractivity contribution in [3.8, 4) is 0 Å². The fourth-order valence-corrected chi connectivity index (χ4v) is 2.77. The molecule has 0 spiro atoms. The van der Waals surface area contributed by atoms with Gasteiger partial charge in [0.05, 0.1) is 20.7 Å². The lowest BCUT2D eigenvalue weighted by molar-refractivity contribution is -0.922. The first-order valence-corrected chi connectivity index (χ1v) is 9.08. The summed E-state index contributed by atoms with van der Waals surface area (Å²) in [4.78, 5) is 0. The predicted molar refractivity (Wildman–Crippen MR) is 95.7 cm³/mol. The average molecular weight is 342 g/mol. The number of halogens is 1. The van der Waals surface area contributed by atoms with Crippen LogP contribution in [0.2, 0.25) is 0 Å². The van der Waals surface area contributed by atoms with Gasteiger partial charge in [-0.1, -0.05) is 82.2 Å². The van der Waals surface area contributed by atoms with E-state index in [1.165, 1.54) is 56.9 Å². The van der Waals surface area contributed by atoms with E-state index in [2.05, 4.69) is 51.4 Å². The molecule has 0 aliphatic heterocycles. The number of benzene rings is 1. The zero-order valence-corrected chi connectivity index (χ0v) is 16.2. The van der Waals surface area contributed by atoms with Crippen LogP contribution in [0.1, 0.15) is 63.9 Å². The molecule has 0 aliphatic rings. The quantitative estimate of drug-likeness (QED) is 0.304. The molecule has 0 aromatic heterocycles. The van der Waals surface area contributed by atoms with Crippen molar-refractivity contribution in [2.45, 2.75) is 64.8 Å². The number of hydrogen-bond acceptors (Lipinski definition) is 1. The van der Waals surface area contributed by atoms with Crippen LogP contribution in [0.4, 0.5) is 0 Å². The van der Waals surface area contributed by atoms with Crippen molar-refractivity contribution in [3.63, 3.8) is 0 Å². The van der Waals surface area contributed by atoms with Crippen molar-refractivity contribution in [2.24, 2.45) is 0 Å². The largest absolute Gasteiger partial charge is 1.00 e.